The van der Waals surface area contributed by atoms with E-state index >= 15 is 0 Å². The van der Waals surface area contributed by atoms with Crippen molar-refractivity contribution in [2.45, 2.75) is 26.7 Å². The molecule has 5 heteroatoms. The monoisotopic (exact) mass is 294 g/mol. The minimum absolute atomic E-state index is 0.0225. The molecule has 0 fully saturated rings. The SMILES string of the molecule is CCCOc1cccc(C(=O)N(CC)CCC(N)=S)c1. The van der Waals surface area contributed by atoms with Crippen molar-refractivity contribution in [3.8, 4) is 5.75 Å². The van der Waals surface area contributed by atoms with Gasteiger partial charge in [0.05, 0.1) is 11.6 Å². The highest BCUT2D eigenvalue weighted by Gasteiger charge is 2.14. The van der Waals surface area contributed by atoms with E-state index in [1.807, 2.05) is 26.0 Å². The molecule has 20 heavy (non-hydrogen) atoms. The average Bonchev–Trinajstić information content (AvgIpc) is 2.45. The van der Waals surface area contributed by atoms with Crippen LogP contribution >= 0.6 is 12.2 Å². The first-order valence-electron chi connectivity index (χ1n) is 6.88. The summed E-state index contributed by atoms with van der Waals surface area (Å²) in [5.41, 5.74) is 6.11. The third-order valence-corrected chi connectivity index (χ3v) is 3.06. The van der Waals surface area contributed by atoms with Crippen LogP contribution in [0.4, 0.5) is 0 Å². The van der Waals surface area contributed by atoms with Gasteiger partial charge in [-0.2, -0.15) is 0 Å². The molecule has 0 spiro atoms. The first-order chi connectivity index (χ1) is 9.58. The lowest BCUT2D eigenvalue weighted by Gasteiger charge is -2.21. The maximum atomic E-state index is 12.4. The normalized spacial score (nSPS) is 10.1. The fourth-order valence-corrected chi connectivity index (χ4v) is 1.86. The number of nitrogens with zero attached hydrogens (tertiary/aromatic N) is 1. The van der Waals surface area contributed by atoms with Crippen LogP contribution in [0.3, 0.4) is 0 Å². The highest BCUT2D eigenvalue weighted by atomic mass is 32.1. The predicted octanol–water partition coefficient (Wildman–Crippen LogP) is 2.61. The number of nitrogens with two attached hydrogens (primary N) is 1. The lowest BCUT2D eigenvalue weighted by atomic mass is 10.2. The Morgan fingerprint density at radius 3 is 2.75 bits per heavy atom. The fraction of sp³-hybridized carbons (Fsp3) is 0.467. The third kappa shape index (κ3) is 5.17. The number of benzene rings is 1. The van der Waals surface area contributed by atoms with E-state index in [1.54, 1.807) is 17.0 Å². The van der Waals surface area contributed by atoms with Crippen molar-refractivity contribution in [1.29, 1.82) is 0 Å². The quantitative estimate of drug-likeness (QED) is 0.749. The number of carbonyl (C=O) groups is 1. The molecule has 1 rings (SSSR count). The standard InChI is InChI=1S/C15H22N2O2S/c1-3-10-19-13-7-5-6-12(11-13)15(18)17(4-2)9-8-14(16)20/h5-7,11H,3-4,8-10H2,1-2H3,(H2,16,20). The summed E-state index contributed by atoms with van der Waals surface area (Å²) < 4.78 is 5.55. The van der Waals surface area contributed by atoms with Crippen LogP contribution in [-0.2, 0) is 0 Å². The lowest BCUT2D eigenvalue weighted by Crippen LogP contribution is -2.33. The molecule has 1 aromatic rings. The summed E-state index contributed by atoms with van der Waals surface area (Å²) in [6, 6.07) is 7.27. The molecule has 0 aromatic heterocycles. The first-order valence-corrected chi connectivity index (χ1v) is 7.29. The van der Waals surface area contributed by atoms with E-state index in [0.717, 1.165) is 12.2 Å². The van der Waals surface area contributed by atoms with E-state index in [0.29, 0.717) is 36.7 Å². The van der Waals surface area contributed by atoms with Gasteiger partial charge in [-0.25, -0.2) is 0 Å². The van der Waals surface area contributed by atoms with Crippen molar-refractivity contribution in [1.82, 2.24) is 4.90 Å². The van der Waals surface area contributed by atoms with Crippen LogP contribution in [0.15, 0.2) is 24.3 Å². The number of thiocarbonyl (C=S) groups is 1. The zero-order valence-corrected chi connectivity index (χ0v) is 12.9. The van der Waals surface area contributed by atoms with Crippen molar-refractivity contribution in [2.24, 2.45) is 5.73 Å². The fourth-order valence-electron chi connectivity index (χ4n) is 1.77. The van der Waals surface area contributed by atoms with E-state index < -0.39 is 0 Å². The molecule has 0 heterocycles. The smallest absolute Gasteiger partial charge is 0.253 e. The summed E-state index contributed by atoms with van der Waals surface area (Å²) >= 11 is 4.85. The molecule has 0 aliphatic rings. The number of carbonyl (C=O) groups excluding carboxylic acids is 1. The van der Waals surface area contributed by atoms with Crippen LogP contribution in [-0.4, -0.2) is 35.5 Å². The van der Waals surface area contributed by atoms with Crippen molar-refractivity contribution < 1.29 is 9.53 Å². The van der Waals surface area contributed by atoms with Gasteiger partial charge in [0.15, 0.2) is 0 Å². The van der Waals surface area contributed by atoms with Crippen LogP contribution in [0.25, 0.3) is 0 Å². The highest BCUT2D eigenvalue weighted by Crippen LogP contribution is 2.15. The Hall–Kier alpha value is -1.62. The highest BCUT2D eigenvalue weighted by molar-refractivity contribution is 7.80. The molecule has 0 aliphatic carbocycles. The van der Waals surface area contributed by atoms with Crippen LogP contribution in [0.1, 0.15) is 37.0 Å². The van der Waals surface area contributed by atoms with Gasteiger partial charge in [-0.05, 0) is 31.5 Å². The van der Waals surface area contributed by atoms with Crippen LogP contribution < -0.4 is 10.5 Å². The summed E-state index contributed by atoms with van der Waals surface area (Å²) in [6.45, 7) is 5.81. The Bertz CT molecular complexity index is 463. The Morgan fingerprint density at radius 1 is 1.40 bits per heavy atom. The number of hydrogen-bond acceptors (Lipinski definition) is 3. The minimum Gasteiger partial charge on any atom is -0.494 e. The zero-order chi connectivity index (χ0) is 15.0. The molecule has 1 aromatic carbocycles. The molecule has 0 aliphatic heterocycles. The van der Waals surface area contributed by atoms with Crippen LogP contribution in [0.5, 0.6) is 5.75 Å². The lowest BCUT2D eigenvalue weighted by molar-refractivity contribution is 0.0768. The first kappa shape index (κ1) is 16.4. The molecule has 0 saturated carbocycles. The van der Waals surface area contributed by atoms with Crippen LogP contribution in [0, 0.1) is 0 Å². The summed E-state index contributed by atoms with van der Waals surface area (Å²) in [4.78, 5) is 14.6. The Morgan fingerprint density at radius 2 is 2.15 bits per heavy atom. The van der Waals surface area contributed by atoms with Gasteiger partial charge in [0.2, 0.25) is 0 Å². The predicted molar refractivity (Wildman–Crippen MR) is 85.2 cm³/mol. The number of rotatable bonds is 8. The van der Waals surface area contributed by atoms with Crippen LogP contribution in [0.2, 0.25) is 0 Å². The van der Waals surface area contributed by atoms with Crippen molar-refractivity contribution in [2.75, 3.05) is 19.7 Å². The molecule has 2 N–H and O–H groups in total. The molecule has 1 amide bonds. The van der Waals surface area contributed by atoms with E-state index in [9.17, 15) is 4.79 Å². The Kier molecular flexibility index (Phi) is 7.01. The molecule has 110 valence electrons. The second-order valence-electron chi connectivity index (χ2n) is 4.48. The van der Waals surface area contributed by atoms with Gasteiger partial charge in [0.25, 0.3) is 5.91 Å². The molecule has 4 nitrogen and oxygen atoms in total. The van der Waals surface area contributed by atoms with Crippen molar-refractivity contribution in [3.05, 3.63) is 29.8 Å². The van der Waals surface area contributed by atoms with Gasteiger partial charge in [0, 0.05) is 25.1 Å². The van der Waals surface area contributed by atoms with Gasteiger partial charge in [0.1, 0.15) is 5.75 Å². The van der Waals surface area contributed by atoms with Crippen molar-refractivity contribution in [3.63, 3.8) is 0 Å². The Balaban J connectivity index is 2.75. The van der Waals surface area contributed by atoms with E-state index in [4.69, 9.17) is 22.7 Å². The number of ether oxygens (including phenoxy) is 1. The molecule has 0 unspecified atom stereocenters. The maximum absolute atomic E-state index is 12.4. The van der Waals surface area contributed by atoms with E-state index in [-0.39, 0.29) is 5.91 Å². The van der Waals surface area contributed by atoms with Crippen molar-refractivity contribution >= 4 is 23.1 Å². The maximum Gasteiger partial charge on any atom is 0.253 e. The van der Waals surface area contributed by atoms with Gasteiger partial charge in [-0.1, -0.05) is 25.2 Å². The summed E-state index contributed by atoms with van der Waals surface area (Å²) in [5, 5.41) is 0. The second kappa shape index (κ2) is 8.53. The second-order valence-corrected chi connectivity index (χ2v) is 5.00. The molecule has 0 radical (unpaired) electrons. The minimum atomic E-state index is -0.0225. The molecular weight excluding hydrogens is 272 g/mol. The summed E-state index contributed by atoms with van der Waals surface area (Å²) in [6.07, 6.45) is 1.48. The number of hydrogen-bond donors (Lipinski definition) is 1. The molecule has 0 atom stereocenters. The summed E-state index contributed by atoms with van der Waals surface area (Å²) in [5.74, 6) is 0.703. The molecule has 0 saturated heterocycles. The Labute approximate surface area is 125 Å². The van der Waals surface area contributed by atoms with E-state index in [1.165, 1.54) is 0 Å². The van der Waals surface area contributed by atoms with Gasteiger partial charge < -0.3 is 15.4 Å². The molecule has 0 bridgehead atoms. The zero-order valence-electron chi connectivity index (χ0n) is 12.1. The average molecular weight is 294 g/mol. The largest absolute Gasteiger partial charge is 0.494 e. The topological polar surface area (TPSA) is 55.6 Å². The van der Waals surface area contributed by atoms with Gasteiger partial charge >= 0.3 is 0 Å². The number of amides is 1. The van der Waals surface area contributed by atoms with E-state index in [2.05, 4.69) is 0 Å². The summed E-state index contributed by atoms with van der Waals surface area (Å²) in [7, 11) is 0. The third-order valence-electron chi connectivity index (χ3n) is 2.85. The molecular formula is C15H22N2O2S. The van der Waals surface area contributed by atoms with Gasteiger partial charge in [-0.3, -0.25) is 4.79 Å². The van der Waals surface area contributed by atoms with Gasteiger partial charge in [-0.15, -0.1) is 0 Å².